The van der Waals surface area contributed by atoms with Gasteiger partial charge in [-0.3, -0.25) is 4.79 Å². The lowest BCUT2D eigenvalue weighted by Gasteiger charge is -2.43. The largest absolute Gasteiger partial charge is 0.339 e. The molecule has 0 aromatic carbocycles. The van der Waals surface area contributed by atoms with E-state index in [9.17, 15) is 13.2 Å². The predicted molar refractivity (Wildman–Crippen MR) is 93.5 cm³/mol. The van der Waals surface area contributed by atoms with Crippen LogP contribution in [0.25, 0.3) is 0 Å². The SMILES string of the molecule is CC(C)CS(=O)(=O)C1CN(C(=O)C2(c3cccs3)CCCC2)C1. The molecule has 0 N–H and O–H groups in total. The molecule has 0 spiro atoms. The monoisotopic (exact) mass is 355 g/mol. The second kappa shape index (κ2) is 6.20. The fourth-order valence-electron chi connectivity index (χ4n) is 3.83. The zero-order valence-electron chi connectivity index (χ0n) is 13.8. The van der Waals surface area contributed by atoms with Crippen LogP contribution in [0.3, 0.4) is 0 Å². The van der Waals surface area contributed by atoms with E-state index in [1.807, 2.05) is 25.3 Å². The Morgan fingerprint density at radius 1 is 1.35 bits per heavy atom. The topological polar surface area (TPSA) is 54.5 Å². The van der Waals surface area contributed by atoms with E-state index >= 15 is 0 Å². The lowest BCUT2D eigenvalue weighted by Crippen LogP contribution is -2.61. The lowest BCUT2D eigenvalue weighted by atomic mass is 9.82. The molecule has 1 aliphatic heterocycles. The third kappa shape index (κ3) is 3.07. The molecule has 1 aromatic heterocycles. The number of carbonyl (C=O) groups is 1. The van der Waals surface area contributed by atoms with Crippen molar-refractivity contribution in [1.29, 1.82) is 0 Å². The molecule has 1 saturated heterocycles. The fourth-order valence-corrected chi connectivity index (χ4v) is 6.82. The average molecular weight is 356 g/mol. The number of rotatable bonds is 5. The Morgan fingerprint density at radius 3 is 2.52 bits per heavy atom. The van der Waals surface area contributed by atoms with Gasteiger partial charge in [0.05, 0.1) is 16.4 Å². The Bertz CT molecular complexity index is 652. The zero-order valence-corrected chi connectivity index (χ0v) is 15.5. The smallest absolute Gasteiger partial charge is 0.234 e. The van der Waals surface area contributed by atoms with E-state index in [4.69, 9.17) is 0 Å². The zero-order chi connectivity index (χ0) is 16.7. The quantitative estimate of drug-likeness (QED) is 0.816. The van der Waals surface area contributed by atoms with Crippen LogP contribution in [-0.4, -0.2) is 43.3 Å². The molecule has 0 unspecified atom stereocenters. The Labute approximate surface area is 142 Å². The molecular weight excluding hydrogens is 330 g/mol. The second-order valence-electron chi connectivity index (χ2n) is 7.32. The van der Waals surface area contributed by atoms with E-state index in [0.717, 1.165) is 30.6 Å². The number of likely N-dealkylation sites (tertiary alicyclic amines) is 1. The lowest BCUT2D eigenvalue weighted by molar-refractivity contribution is -0.140. The summed E-state index contributed by atoms with van der Waals surface area (Å²) in [6.45, 7) is 4.59. The van der Waals surface area contributed by atoms with Crippen molar-refractivity contribution in [2.45, 2.75) is 50.2 Å². The van der Waals surface area contributed by atoms with Crippen molar-refractivity contribution in [3.8, 4) is 0 Å². The van der Waals surface area contributed by atoms with E-state index in [-0.39, 0.29) is 28.2 Å². The first-order chi connectivity index (χ1) is 10.8. The standard InChI is InChI=1S/C17H25NO3S2/c1-13(2)12-23(20,21)14-10-18(11-14)16(19)17(7-3-4-8-17)15-6-5-9-22-15/h5-6,9,13-14H,3-4,7-8,10-12H2,1-2H3. The maximum Gasteiger partial charge on any atom is 0.234 e. The summed E-state index contributed by atoms with van der Waals surface area (Å²) in [5.41, 5.74) is -0.388. The van der Waals surface area contributed by atoms with Crippen LogP contribution in [0.4, 0.5) is 0 Å². The van der Waals surface area contributed by atoms with Gasteiger partial charge in [-0.1, -0.05) is 32.8 Å². The molecule has 4 nitrogen and oxygen atoms in total. The molecule has 1 aliphatic carbocycles. The van der Waals surface area contributed by atoms with Gasteiger partial charge in [-0.15, -0.1) is 11.3 Å². The van der Waals surface area contributed by atoms with Crippen molar-refractivity contribution >= 4 is 27.1 Å². The summed E-state index contributed by atoms with van der Waals surface area (Å²) in [6, 6.07) is 4.06. The van der Waals surface area contributed by atoms with Crippen molar-refractivity contribution in [3.63, 3.8) is 0 Å². The van der Waals surface area contributed by atoms with E-state index in [2.05, 4.69) is 6.07 Å². The summed E-state index contributed by atoms with van der Waals surface area (Å²) in [7, 11) is -3.08. The number of thiophene rings is 1. The first-order valence-electron chi connectivity index (χ1n) is 8.40. The van der Waals surface area contributed by atoms with E-state index in [0.29, 0.717) is 13.1 Å². The van der Waals surface area contributed by atoms with E-state index in [1.165, 1.54) is 0 Å². The third-order valence-corrected chi connectivity index (χ3v) is 8.59. The minimum atomic E-state index is -3.08. The van der Waals surface area contributed by atoms with Crippen molar-refractivity contribution < 1.29 is 13.2 Å². The number of hydrogen-bond donors (Lipinski definition) is 0. The van der Waals surface area contributed by atoms with Gasteiger partial charge in [-0.25, -0.2) is 8.42 Å². The summed E-state index contributed by atoms with van der Waals surface area (Å²) in [6.07, 6.45) is 3.94. The highest BCUT2D eigenvalue weighted by molar-refractivity contribution is 7.92. The van der Waals surface area contributed by atoms with Crippen LogP contribution in [0.1, 0.15) is 44.4 Å². The van der Waals surface area contributed by atoms with Crippen molar-refractivity contribution in [2.75, 3.05) is 18.8 Å². The summed E-state index contributed by atoms with van der Waals surface area (Å²) in [5, 5.41) is 1.66. The van der Waals surface area contributed by atoms with Crippen LogP contribution < -0.4 is 0 Å². The van der Waals surface area contributed by atoms with Crippen LogP contribution in [0.2, 0.25) is 0 Å². The highest BCUT2D eigenvalue weighted by Gasteiger charge is 2.50. The summed E-state index contributed by atoms with van der Waals surface area (Å²) >= 11 is 1.65. The first-order valence-corrected chi connectivity index (χ1v) is 11.0. The molecule has 1 saturated carbocycles. The number of carbonyl (C=O) groups excluding carboxylic acids is 1. The number of sulfone groups is 1. The number of amides is 1. The summed E-state index contributed by atoms with van der Waals surface area (Å²) in [5.74, 6) is 0.501. The van der Waals surface area contributed by atoms with E-state index < -0.39 is 9.84 Å². The molecule has 2 aliphatic rings. The molecule has 128 valence electrons. The molecule has 6 heteroatoms. The Hall–Kier alpha value is -0.880. The van der Waals surface area contributed by atoms with E-state index in [1.54, 1.807) is 16.2 Å². The van der Waals surface area contributed by atoms with Crippen LogP contribution >= 0.6 is 11.3 Å². The molecule has 2 fully saturated rings. The average Bonchev–Trinajstić information content (AvgIpc) is 3.07. The molecule has 23 heavy (non-hydrogen) atoms. The van der Waals surface area contributed by atoms with Gasteiger partial charge in [-0.05, 0) is 30.2 Å². The number of nitrogens with zero attached hydrogens (tertiary/aromatic N) is 1. The fraction of sp³-hybridized carbons (Fsp3) is 0.706. The van der Waals surface area contributed by atoms with Gasteiger partial charge in [0.15, 0.2) is 9.84 Å². The molecular formula is C17H25NO3S2. The Balaban J connectivity index is 1.71. The minimum Gasteiger partial charge on any atom is -0.339 e. The van der Waals surface area contributed by atoms with Crippen LogP contribution in [0.5, 0.6) is 0 Å². The van der Waals surface area contributed by atoms with Gasteiger partial charge in [-0.2, -0.15) is 0 Å². The van der Waals surface area contributed by atoms with Gasteiger partial charge >= 0.3 is 0 Å². The summed E-state index contributed by atoms with van der Waals surface area (Å²) in [4.78, 5) is 16.0. The van der Waals surface area contributed by atoms with Gasteiger partial charge in [0.2, 0.25) is 5.91 Å². The van der Waals surface area contributed by atoms with Crippen LogP contribution in [0, 0.1) is 5.92 Å². The maximum absolute atomic E-state index is 13.1. The second-order valence-corrected chi connectivity index (χ2v) is 10.6. The highest BCUT2D eigenvalue weighted by atomic mass is 32.2. The summed E-state index contributed by atoms with van der Waals surface area (Å²) < 4.78 is 24.6. The maximum atomic E-state index is 13.1. The normalized spacial score (nSPS) is 21.6. The third-order valence-electron chi connectivity index (χ3n) is 5.07. The highest BCUT2D eigenvalue weighted by Crippen LogP contribution is 2.45. The Kier molecular flexibility index (Phi) is 4.58. The van der Waals surface area contributed by atoms with Crippen molar-refractivity contribution in [1.82, 2.24) is 4.90 Å². The predicted octanol–water partition coefficient (Wildman–Crippen LogP) is 2.84. The van der Waals surface area contributed by atoms with Gasteiger partial charge in [0.1, 0.15) is 0 Å². The van der Waals surface area contributed by atoms with Crippen LogP contribution in [-0.2, 0) is 20.0 Å². The van der Waals surface area contributed by atoms with Crippen molar-refractivity contribution in [2.24, 2.45) is 5.92 Å². The molecule has 0 bridgehead atoms. The first kappa shape index (κ1) is 17.0. The minimum absolute atomic E-state index is 0.136. The van der Waals surface area contributed by atoms with Crippen LogP contribution in [0.15, 0.2) is 17.5 Å². The van der Waals surface area contributed by atoms with Gasteiger partial charge in [0, 0.05) is 18.0 Å². The molecule has 1 aromatic rings. The molecule has 2 heterocycles. The number of hydrogen-bond acceptors (Lipinski definition) is 4. The van der Waals surface area contributed by atoms with Gasteiger partial charge in [0.25, 0.3) is 0 Å². The molecule has 1 amide bonds. The molecule has 0 radical (unpaired) electrons. The van der Waals surface area contributed by atoms with Gasteiger partial charge < -0.3 is 4.90 Å². The van der Waals surface area contributed by atoms with Crippen molar-refractivity contribution in [3.05, 3.63) is 22.4 Å². The molecule has 3 rings (SSSR count). The Morgan fingerprint density at radius 2 is 2.00 bits per heavy atom. The molecule has 0 atom stereocenters.